The van der Waals surface area contributed by atoms with Gasteiger partial charge >= 0.3 is 0 Å². The summed E-state index contributed by atoms with van der Waals surface area (Å²) in [6.07, 6.45) is 2.55. The lowest BCUT2D eigenvalue weighted by Gasteiger charge is -2.41. The summed E-state index contributed by atoms with van der Waals surface area (Å²) >= 11 is 5.24. The summed E-state index contributed by atoms with van der Waals surface area (Å²) in [5.74, 6) is 0.689. The first-order valence-electron chi connectivity index (χ1n) is 6.25. The van der Waals surface area contributed by atoms with Crippen LogP contribution in [0.15, 0.2) is 15.2 Å². The predicted molar refractivity (Wildman–Crippen MR) is 79.9 cm³/mol. The van der Waals surface area contributed by atoms with E-state index in [9.17, 15) is 0 Å². The van der Waals surface area contributed by atoms with Crippen LogP contribution in [0.2, 0.25) is 0 Å². The highest BCUT2D eigenvalue weighted by atomic mass is 79.9. The molecule has 5 heteroatoms. The Hall–Kier alpha value is 0.0600. The minimum atomic E-state index is 0.00314. The van der Waals surface area contributed by atoms with E-state index in [0.29, 0.717) is 12.5 Å². The smallest absolute Gasteiger partial charge is 0.0701 e. The third-order valence-corrected chi connectivity index (χ3v) is 5.44. The van der Waals surface area contributed by atoms with E-state index in [0.717, 1.165) is 13.2 Å². The number of ether oxygens (including phenoxy) is 1. The molecule has 0 radical (unpaired) electrons. The van der Waals surface area contributed by atoms with Crippen molar-refractivity contribution in [1.82, 2.24) is 4.90 Å². The van der Waals surface area contributed by atoms with Gasteiger partial charge in [-0.3, -0.25) is 4.90 Å². The van der Waals surface area contributed by atoms with Gasteiger partial charge < -0.3 is 10.5 Å². The van der Waals surface area contributed by atoms with Gasteiger partial charge in [0.15, 0.2) is 0 Å². The number of rotatable bonds is 7. The molecule has 1 saturated carbocycles. The SMILES string of the molecule is COCC(CN)(C1CC1)N(C)Cc1csc(Br)c1. The first-order valence-corrected chi connectivity index (χ1v) is 7.93. The summed E-state index contributed by atoms with van der Waals surface area (Å²) in [5, 5.41) is 2.20. The number of nitrogens with zero attached hydrogens (tertiary/aromatic N) is 1. The minimum absolute atomic E-state index is 0.00314. The zero-order valence-electron chi connectivity index (χ0n) is 11.0. The second kappa shape index (κ2) is 6.01. The van der Waals surface area contributed by atoms with Crippen molar-refractivity contribution < 1.29 is 4.74 Å². The Balaban J connectivity index is 2.09. The van der Waals surface area contributed by atoms with E-state index in [4.69, 9.17) is 10.5 Å². The second-order valence-electron chi connectivity index (χ2n) is 5.13. The van der Waals surface area contributed by atoms with Crippen molar-refractivity contribution >= 4 is 27.3 Å². The fraction of sp³-hybridized carbons (Fsp3) is 0.692. The van der Waals surface area contributed by atoms with Gasteiger partial charge in [-0.25, -0.2) is 0 Å². The van der Waals surface area contributed by atoms with E-state index in [1.165, 1.54) is 22.2 Å². The Bertz CT molecular complexity index is 394. The lowest BCUT2D eigenvalue weighted by Crippen LogP contribution is -2.56. The van der Waals surface area contributed by atoms with Crippen LogP contribution >= 0.6 is 27.3 Å². The summed E-state index contributed by atoms with van der Waals surface area (Å²) in [6, 6.07) is 2.18. The molecule has 102 valence electrons. The van der Waals surface area contributed by atoms with E-state index in [2.05, 4.69) is 39.3 Å². The molecule has 0 saturated heterocycles. The van der Waals surface area contributed by atoms with Crippen molar-refractivity contribution in [1.29, 1.82) is 0 Å². The maximum absolute atomic E-state index is 6.07. The van der Waals surface area contributed by atoms with Gasteiger partial charge in [0.2, 0.25) is 0 Å². The largest absolute Gasteiger partial charge is 0.383 e. The second-order valence-corrected chi connectivity index (χ2v) is 7.42. The number of thiophene rings is 1. The quantitative estimate of drug-likeness (QED) is 0.834. The molecule has 0 aromatic carbocycles. The molecule has 1 fully saturated rings. The van der Waals surface area contributed by atoms with Crippen LogP contribution in [0.5, 0.6) is 0 Å². The number of likely N-dealkylation sites (N-methyl/N-ethyl adjacent to an activating group) is 1. The molecule has 1 aromatic heterocycles. The Kier molecular flexibility index (Phi) is 4.83. The zero-order chi connectivity index (χ0) is 13.2. The maximum atomic E-state index is 6.07. The Morgan fingerprint density at radius 1 is 1.61 bits per heavy atom. The highest BCUT2D eigenvalue weighted by Gasteiger charge is 2.47. The Labute approximate surface area is 121 Å². The lowest BCUT2D eigenvalue weighted by atomic mass is 9.92. The van der Waals surface area contributed by atoms with E-state index in [1.807, 2.05) is 0 Å². The van der Waals surface area contributed by atoms with Crippen LogP contribution < -0.4 is 5.73 Å². The lowest BCUT2D eigenvalue weighted by molar-refractivity contribution is 0.0105. The Morgan fingerprint density at radius 3 is 2.78 bits per heavy atom. The molecule has 1 heterocycles. The molecule has 1 aliphatic rings. The molecule has 0 spiro atoms. The summed E-state index contributed by atoms with van der Waals surface area (Å²) in [5.41, 5.74) is 7.41. The minimum Gasteiger partial charge on any atom is -0.383 e. The van der Waals surface area contributed by atoms with Gasteiger partial charge in [-0.15, -0.1) is 11.3 Å². The van der Waals surface area contributed by atoms with Crippen LogP contribution in [0.4, 0.5) is 0 Å². The molecule has 3 nitrogen and oxygen atoms in total. The number of hydrogen-bond donors (Lipinski definition) is 1. The zero-order valence-corrected chi connectivity index (χ0v) is 13.4. The van der Waals surface area contributed by atoms with Gasteiger partial charge in [-0.05, 0) is 58.7 Å². The maximum Gasteiger partial charge on any atom is 0.0701 e. The number of methoxy groups -OCH3 is 1. The van der Waals surface area contributed by atoms with Gasteiger partial charge in [-0.1, -0.05) is 0 Å². The van der Waals surface area contributed by atoms with Gasteiger partial charge in [0, 0.05) is 20.2 Å². The molecule has 2 N–H and O–H groups in total. The molecular formula is C13H21BrN2OS. The van der Waals surface area contributed by atoms with Gasteiger partial charge in [0.25, 0.3) is 0 Å². The van der Waals surface area contributed by atoms with Crippen LogP contribution in [0.1, 0.15) is 18.4 Å². The fourth-order valence-electron chi connectivity index (χ4n) is 2.65. The summed E-state index contributed by atoms with van der Waals surface area (Å²) < 4.78 is 6.62. The van der Waals surface area contributed by atoms with Gasteiger partial charge in [-0.2, -0.15) is 0 Å². The summed E-state index contributed by atoms with van der Waals surface area (Å²) in [7, 11) is 3.93. The average molecular weight is 333 g/mol. The van der Waals surface area contributed by atoms with Crippen molar-refractivity contribution in [3.8, 4) is 0 Å². The van der Waals surface area contributed by atoms with Gasteiger partial charge in [0.1, 0.15) is 0 Å². The molecule has 0 bridgehead atoms. The van der Waals surface area contributed by atoms with Crippen molar-refractivity contribution in [3.05, 3.63) is 20.8 Å². The molecule has 0 aliphatic heterocycles. The first kappa shape index (κ1) is 14.5. The van der Waals surface area contributed by atoms with E-state index >= 15 is 0 Å². The third kappa shape index (κ3) is 2.96. The molecule has 1 atom stereocenters. The van der Waals surface area contributed by atoms with Crippen LogP contribution in [-0.4, -0.2) is 37.7 Å². The molecule has 1 aliphatic carbocycles. The van der Waals surface area contributed by atoms with E-state index in [1.54, 1.807) is 18.4 Å². The standard InChI is InChI=1S/C13H21BrN2OS/c1-16(6-10-5-12(14)18-7-10)13(8-15,9-17-2)11-3-4-11/h5,7,11H,3-4,6,8-9,15H2,1-2H3. The highest BCUT2D eigenvalue weighted by Crippen LogP contribution is 2.43. The molecule has 0 amide bonds. The first-order chi connectivity index (χ1) is 8.62. The number of halogens is 1. The van der Waals surface area contributed by atoms with Crippen LogP contribution in [-0.2, 0) is 11.3 Å². The van der Waals surface area contributed by atoms with Crippen molar-refractivity contribution in [2.24, 2.45) is 11.7 Å². The van der Waals surface area contributed by atoms with Crippen LogP contribution in [0.3, 0.4) is 0 Å². The molecular weight excluding hydrogens is 312 g/mol. The molecule has 1 unspecified atom stereocenters. The predicted octanol–water partition coefficient (Wildman–Crippen LogP) is 2.70. The summed E-state index contributed by atoms with van der Waals surface area (Å²) in [4.78, 5) is 2.38. The summed E-state index contributed by atoms with van der Waals surface area (Å²) in [6.45, 7) is 2.31. The van der Waals surface area contributed by atoms with Crippen LogP contribution in [0.25, 0.3) is 0 Å². The van der Waals surface area contributed by atoms with Crippen LogP contribution in [0, 0.1) is 5.92 Å². The fourth-order valence-corrected chi connectivity index (χ4v) is 3.85. The molecule has 18 heavy (non-hydrogen) atoms. The van der Waals surface area contributed by atoms with E-state index < -0.39 is 0 Å². The number of hydrogen-bond acceptors (Lipinski definition) is 4. The molecule has 1 aromatic rings. The van der Waals surface area contributed by atoms with Crippen molar-refractivity contribution in [2.75, 3.05) is 27.3 Å². The average Bonchev–Trinajstić information content (AvgIpc) is 3.11. The van der Waals surface area contributed by atoms with Crippen molar-refractivity contribution in [3.63, 3.8) is 0 Å². The topological polar surface area (TPSA) is 38.5 Å². The van der Waals surface area contributed by atoms with Gasteiger partial charge in [0.05, 0.1) is 15.9 Å². The normalized spacial score (nSPS) is 19.2. The Morgan fingerprint density at radius 2 is 2.33 bits per heavy atom. The highest BCUT2D eigenvalue weighted by molar-refractivity contribution is 9.11. The van der Waals surface area contributed by atoms with Crippen molar-refractivity contribution in [2.45, 2.75) is 24.9 Å². The van der Waals surface area contributed by atoms with E-state index in [-0.39, 0.29) is 5.54 Å². The monoisotopic (exact) mass is 332 g/mol. The number of nitrogens with two attached hydrogens (primary N) is 1. The molecule has 2 rings (SSSR count). The third-order valence-electron chi connectivity index (χ3n) is 3.89.